The van der Waals surface area contributed by atoms with Crippen molar-refractivity contribution in [1.82, 2.24) is 14.5 Å². The number of piperidine rings is 1. The predicted octanol–water partition coefficient (Wildman–Crippen LogP) is -0.258. The maximum Gasteiger partial charge on any atom is 0.250 e. The second-order valence-corrected chi connectivity index (χ2v) is 6.30. The second-order valence-electron chi connectivity index (χ2n) is 6.30. The Balaban J connectivity index is 1.92. The van der Waals surface area contributed by atoms with Crippen LogP contribution in [0.3, 0.4) is 0 Å². The molecule has 0 bridgehead atoms. The van der Waals surface area contributed by atoms with Gasteiger partial charge in [-0.3, -0.25) is 9.78 Å². The fraction of sp³-hybridized carbons (Fsp3) is 0.471. The Morgan fingerprint density at radius 1 is 1.50 bits per heavy atom. The molecule has 0 unspecified atom stereocenters. The van der Waals surface area contributed by atoms with Gasteiger partial charge in [-0.15, -0.1) is 0 Å². The molecule has 126 valence electrons. The Labute approximate surface area is 139 Å². The van der Waals surface area contributed by atoms with Crippen molar-refractivity contribution in [3.63, 3.8) is 0 Å². The average Bonchev–Trinajstić information content (AvgIpc) is 2.58. The molecule has 24 heavy (non-hydrogen) atoms. The van der Waals surface area contributed by atoms with E-state index in [1.165, 1.54) is 6.07 Å². The average molecular weight is 327 g/mol. The van der Waals surface area contributed by atoms with Crippen molar-refractivity contribution in [2.24, 2.45) is 12.8 Å². The van der Waals surface area contributed by atoms with Gasteiger partial charge in [-0.05, 0) is 31.0 Å². The molecule has 3 N–H and O–H groups in total. The minimum Gasteiger partial charge on any atom is -0.390 e. The molecule has 1 aliphatic rings. The van der Waals surface area contributed by atoms with Gasteiger partial charge in [-0.25, -0.2) is 0 Å². The molecule has 7 heteroatoms. The van der Waals surface area contributed by atoms with Crippen molar-refractivity contribution >= 4 is 11.0 Å². The number of aliphatic hydroxyl groups is 1. The molecule has 0 amide bonds. The van der Waals surface area contributed by atoms with Gasteiger partial charge in [-0.2, -0.15) is 5.26 Å². The van der Waals surface area contributed by atoms with E-state index in [0.29, 0.717) is 36.1 Å². The van der Waals surface area contributed by atoms with Crippen LogP contribution in [0.4, 0.5) is 0 Å². The summed E-state index contributed by atoms with van der Waals surface area (Å²) in [5.41, 5.74) is 8.43. The van der Waals surface area contributed by atoms with Crippen LogP contribution in [0.1, 0.15) is 17.5 Å². The summed E-state index contributed by atoms with van der Waals surface area (Å²) in [6.45, 7) is 2.05. The van der Waals surface area contributed by atoms with E-state index in [9.17, 15) is 15.2 Å². The summed E-state index contributed by atoms with van der Waals surface area (Å²) in [6, 6.07) is 5.17. The number of aryl methyl sites for hydroxylation is 1. The molecule has 3 rings (SSSR count). The maximum absolute atomic E-state index is 12.0. The fourth-order valence-electron chi connectivity index (χ4n) is 3.26. The quantitative estimate of drug-likeness (QED) is 0.804. The van der Waals surface area contributed by atoms with Gasteiger partial charge in [0, 0.05) is 38.4 Å². The normalized spacial score (nSPS) is 21.8. The van der Waals surface area contributed by atoms with Crippen LogP contribution in [0.5, 0.6) is 0 Å². The molecule has 2 aromatic heterocycles. The van der Waals surface area contributed by atoms with Gasteiger partial charge in [0.1, 0.15) is 6.07 Å². The Morgan fingerprint density at radius 3 is 3.00 bits per heavy atom. The highest BCUT2D eigenvalue weighted by atomic mass is 16.3. The van der Waals surface area contributed by atoms with Crippen molar-refractivity contribution in [3.05, 3.63) is 39.8 Å². The maximum atomic E-state index is 12.0. The van der Waals surface area contributed by atoms with Crippen molar-refractivity contribution in [1.29, 1.82) is 5.26 Å². The van der Waals surface area contributed by atoms with Crippen LogP contribution in [0.2, 0.25) is 0 Å². The summed E-state index contributed by atoms with van der Waals surface area (Å²) >= 11 is 0. The second kappa shape index (κ2) is 6.69. The van der Waals surface area contributed by atoms with Crippen LogP contribution in [0.25, 0.3) is 11.0 Å². The monoisotopic (exact) mass is 327 g/mol. The molecule has 0 aromatic carbocycles. The Bertz CT molecular complexity index is 854. The zero-order chi connectivity index (χ0) is 17.3. The summed E-state index contributed by atoms with van der Waals surface area (Å²) in [5.74, 6) is 0. The van der Waals surface area contributed by atoms with Gasteiger partial charge in [-0.1, -0.05) is 0 Å². The van der Waals surface area contributed by atoms with Crippen LogP contribution < -0.4 is 11.3 Å². The van der Waals surface area contributed by atoms with Gasteiger partial charge in [0.2, 0.25) is 0 Å². The van der Waals surface area contributed by atoms with Crippen LogP contribution in [0, 0.1) is 11.3 Å². The molecule has 0 saturated carbocycles. The molecule has 1 saturated heterocycles. The molecular formula is C17H21N5O2. The lowest BCUT2D eigenvalue weighted by Crippen LogP contribution is -2.50. The molecular weight excluding hydrogens is 306 g/mol. The number of hydrogen-bond donors (Lipinski definition) is 2. The Morgan fingerprint density at radius 2 is 2.29 bits per heavy atom. The molecule has 2 atom stereocenters. The molecule has 7 nitrogen and oxygen atoms in total. The van der Waals surface area contributed by atoms with Gasteiger partial charge in [0.05, 0.1) is 22.7 Å². The predicted molar refractivity (Wildman–Crippen MR) is 90.4 cm³/mol. The van der Waals surface area contributed by atoms with Crippen molar-refractivity contribution in [3.8, 4) is 6.07 Å². The SMILES string of the molecule is Cn1c(=O)ccc2ncc(C#N)c(CCN3CC[C@H](N)[C@H](O)C3)c21. The highest BCUT2D eigenvalue weighted by molar-refractivity contribution is 5.80. The van der Waals surface area contributed by atoms with E-state index in [2.05, 4.69) is 16.0 Å². The molecule has 0 spiro atoms. The summed E-state index contributed by atoms with van der Waals surface area (Å²) in [5, 5.41) is 19.3. The summed E-state index contributed by atoms with van der Waals surface area (Å²) in [4.78, 5) is 18.4. The van der Waals surface area contributed by atoms with Crippen LogP contribution >= 0.6 is 0 Å². The highest BCUT2D eigenvalue weighted by Crippen LogP contribution is 2.20. The number of likely N-dealkylation sites (tertiary alicyclic amines) is 1. The van der Waals surface area contributed by atoms with Gasteiger partial charge >= 0.3 is 0 Å². The highest BCUT2D eigenvalue weighted by Gasteiger charge is 2.24. The summed E-state index contributed by atoms with van der Waals surface area (Å²) in [6.07, 6.45) is 2.40. The number of pyridine rings is 2. The lowest BCUT2D eigenvalue weighted by molar-refractivity contribution is 0.0542. The minimum absolute atomic E-state index is 0.125. The van der Waals surface area contributed by atoms with E-state index < -0.39 is 6.10 Å². The molecule has 3 heterocycles. The smallest absolute Gasteiger partial charge is 0.250 e. The number of hydrogen-bond acceptors (Lipinski definition) is 6. The number of aliphatic hydroxyl groups excluding tert-OH is 1. The number of β-amino-alcohol motifs (C(OH)–C–C–N with tert-alkyl or cyclic N) is 1. The third-order valence-electron chi connectivity index (χ3n) is 4.75. The lowest BCUT2D eigenvalue weighted by Gasteiger charge is -2.34. The van der Waals surface area contributed by atoms with Gasteiger partial charge in [0.25, 0.3) is 5.56 Å². The van der Waals surface area contributed by atoms with E-state index in [1.54, 1.807) is 23.9 Å². The lowest BCUT2D eigenvalue weighted by atomic mass is 10.0. The third kappa shape index (κ3) is 3.04. The number of rotatable bonds is 3. The summed E-state index contributed by atoms with van der Waals surface area (Å²) in [7, 11) is 1.70. The van der Waals surface area contributed by atoms with E-state index in [-0.39, 0.29) is 11.6 Å². The van der Waals surface area contributed by atoms with Crippen molar-refractivity contribution in [2.45, 2.75) is 25.0 Å². The van der Waals surface area contributed by atoms with E-state index in [0.717, 1.165) is 18.5 Å². The zero-order valence-electron chi connectivity index (χ0n) is 13.6. The number of nitrogens with two attached hydrogens (primary N) is 1. The number of aromatic nitrogens is 2. The van der Waals surface area contributed by atoms with E-state index in [4.69, 9.17) is 5.73 Å². The molecule has 0 aliphatic carbocycles. The fourth-order valence-corrected chi connectivity index (χ4v) is 3.26. The van der Waals surface area contributed by atoms with E-state index >= 15 is 0 Å². The largest absolute Gasteiger partial charge is 0.390 e. The number of nitriles is 1. The Kier molecular flexibility index (Phi) is 4.62. The first-order chi connectivity index (χ1) is 11.5. The van der Waals surface area contributed by atoms with Crippen molar-refractivity contribution in [2.75, 3.05) is 19.6 Å². The number of nitrogens with zero attached hydrogens (tertiary/aromatic N) is 4. The van der Waals surface area contributed by atoms with Gasteiger partial charge in [0.15, 0.2) is 0 Å². The zero-order valence-corrected chi connectivity index (χ0v) is 13.6. The molecule has 1 fully saturated rings. The van der Waals surface area contributed by atoms with Crippen molar-refractivity contribution < 1.29 is 5.11 Å². The van der Waals surface area contributed by atoms with Crippen LogP contribution in [-0.4, -0.2) is 51.3 Å². The minimum atomic E-state index is -0.521. The number of fused-ring (bicyclic) bond motifs is 1. The first kappa shape index (κ1) is 16.6. The third-order valence-corrected chi connectivity index (χ3v) is 4.75. The van der Waals surface area contributed by atoms with E-state index in [1.807, 2.05) is 0 Å². The molecule has 0 radical (unpaired) electrons. The molecule has 2 aromatic rings. The first-order valence-corrected chi connectivity index (χ1v) is 8.05. The topological polar surface area (TPSA) is 108 Å². The van der Waals surface area contributed by atoms with Crippen LogP contribution in [-0.2, 0) is 13.5 Å². The standard InChI is InChI=1S/C17H21N5O2/c1-21-16(24)3-2-14-17(21)12(11(8-18)9-20-14)4-6-22-7-5-13(19)15(23)10-22/h2-3,9,13,15,23H,4-7,10,19H2,1H3/t13-,15+/m0/s1. The summed E-state index contributed by atoms with van der Waals surface area (Å²) < 4.78 is 1.54. The first-order valence-electron chi connectivity index (χ1n) is 8.05. The Hall–Kier alpha value is -2.27. The van der Waals surface area contributed by atoms with Crippen LogP contribution in [0.15, 0.2) is 23.1 Å². The molecule has 1 aliphatic heterocycles. The van der Waals surface area contributed by atoms with Gasteiger partial charge < -0.3 is 20.3 Å².